The van der Waals surface area contributed by atoms with Gasteiger partial charge in [0, 0.05) is 24.7 Å². The summed E-state index contributed by atoms with van der Waals surface area (Å²) in [5, 5.41) is 13.2. The number of furan rings is 1. The van der Waals surface area contributed by atoms with Crippen molar-refractivity contribution in [2.75, 3.05) is 11.9 Å². The number of carbonyl (C=O) groups excluding carboxylic acids is 2. The highest BCUT2D eigenvalue weighted by molar-refractivity contribution is 6.34. The molecule has 8 heteroatoms. The molecule has 2 atom stereocenters. The minimum atomic E-state index is -0.757. The van der Waals surface area contributed by atoms with Gasteiger partial charge in [0.1, 0.15) is 11.9 Å². The number of benzene rings is 1. The highest BCUT2D eigenvalue weighted by Gasteiger charge is 2.31. The zero-order valence-electron chi connectivity index (χ0n) is 14.0. The van der Waals surface area contributed by atoms with E-state index in [2.05, 4.69) is 5.32 Å². The Kier molecular flexibility index (Phi) is 5.49. The van der Waals surface area contributed by atoms with E-state index in [4.69, 9.17) is 21.8 Å². The summed E-state index contributed by atoms with van der Waals surface area (Å²) in [5.74, 6) is -0.134. The topological polar surface area (TPSA) is 109 Å². The van der Waals surface area contributed by atoms with E-state index >= 15 is 0 Å². The number of urea groups is 1. The average Bonchev–Trinajstić information content (AvgIpc) is 3.26. The number of anilines is 1. The maximum atomic E-state index is 12.6. The number of nitrogens with zero attached hydrogens (tertiary/aromatic N) is 1. The molecular weight excluding hydrogens is 358 g/mol. The molecule has 26 heavy (non-hydrogen) atoms. The highest BCUT2D eigenvalue weighted by Crippen LogP contribution is 2.28. The second kappa shape index (κ2) is 7.80. The van der Waals surface area contributed by atoms with Gasteiger partial charge < -0.3 is 25.5 Å². The van der Waals surface area contributed by atoms with Gasteiger partial charge in [-0.15, -0.1) is 0 Å². The van der Waals surface area contributed by atoms with Crippen LogP contribution in [-0.4, -0.2) is 34.5 Å². The normalized spacial score (nSPS) is 17.9. The van der Waals surface area contributed by atoms with Crippen LogP contribution >= 0.6 is 11.6 Å². The van der Waals surface area contributed by atoms with Crippen molar-refractivity contribution >= 4 is 29.2 Å². The Morgan fingerprint density at radius 2 is 2.23 bits per heavy atom. The van der Waals surface area contributed by atoms with Crippen molar-refractivity contribution in [1.82, 2.24) is 4.90 Å². The first-order valence-electron chi connectivity index (χ1n) is 8.34. The minimum Gasteiger partial charge on any atom is -0.467 e. The van der Waals surface area contributed by atoms with Crippen molar-refractivity contribution in [2.45, 2.75) is 31.4 Å². The van der Waals surface area contributed by atoms with Gasteiger partial charge in [-0.05, 0) is 43.2 Å². The van der Waals surface area contributed by atoms with Crippen molar-refractivity contribution in [3.8, 4) is 0 Å². The second-order valence-electron chi connectivity index (χ2n) is 6.25. The number of primary amides is 1. The predicted octanol–water partition coefficient (Wildman–Crippen LogP) is 3.15. The predicted molar refractivity (Wildman–Crippen MR) is 97.0 cm³/mol. The lowest BCUT2D eigenvalue weighted by Crippen LogP contribution is -2.39. The molecule has 138 valence electrons. The molecule has 1 saturated heterocycles. The Bertz CT molecular complexity index is 794. The Morgan fingerprint density at radius 1 is 1.42 bits per heavy atom. The van der Waals surface area contributed by atoms with Gasteiger partial charge in [-0.2, -0.15) is 0 Å². The summed E-state index contributed by atoms with van der Waals surface area (Å²) >= 11 is 6.01. The van der Waals surface area contributed by atoms with Crippen molar-refractivity contribution < 1.29 is 19.1 Å². The molecule has 1 aromatic heterocycles. The van der Waals surface area contributed by atoms with E-state index in [9.17, 15) is 14.7 Å². The van der Waals surface area contributed by atoms with Gasteiger partial charge in [-0.25, -0.2) is 4.79 Å². The van der Waals surface area contributed by atoms with Gasteiger partial charge in [0.05, 0.1) is 16.8 Å². The smallest absolute Gasteiger partial charge is 0.322 e. The molecule has 1 aliphatic heterocycles. The Morgan fingerprint density at radius 3 is 2.88 bits per heavy atom. The molecule has 2 aromatic rings. The minimum absolute atomic E-state index is 0.0875. The zero-order chi connectivity index (χ0) is 18.7. The molecule has 4 N–H and O–H groups in total. The fourth-order valence-electron chi connectivity index (χ4n) is 3.19. The van der Waals surface area contributed by atoms with Gasteiger partial charge in [0.15, 0.2) is 0 Å². The van der Waals surface area contributed by atoms with E-state index < -0.39 is 12.0 Å². The average molecular weight is 378 g/mol. The number of nitrogens with two attached hydrogens (primary N) is 1. The summed E-state index contributed by atoms with van der Waals surface area (Å²) in [7, 11) is 0. The van der Waals surface area contributed by atoms with Crippen LogP contribution in [0.1, 0.15) is 41.5 Å². The molecule has 0 bridgehead atoms. The lowest BCUT2D eigenvalue weighted by Gasteiger charge is -2.26. The van der Waals surface area contributed by atoms with Gasteiger partial charge >= 0.3 is 6.03 Å². The van der Waals surface area contributed by atoms with Crippen LogP contribution in [0.25, 0.3) is 0 Å². The van der Waals surface area contributed by atoms with Crippen molar-refractivity contribution in [3.63, 3.8) is 0 Å². The monoisotopic (exact) mass is 377 g/mol. The first kappa shape index (κ1) is 18.3. The van der Waals surface area contributed by atoms with E-state index in [1.165, 1.54) is 18.4 Å². The van der Waals surface area contributed by atoms with Crippen LogP contribution in [0.15, 0.2) is 41.0 Å². The first-order chi connectivity index (χ1) is 12.5. The third-order valence-electron chi connectivity index (χ3n) is 4.49. The zero-order valence-corrected chi connectivity index (χ0v) is 14.8. The molecule has 0 radical (unpaired) electrons. The van der Waals surface area contributed by atoms with Crippen molar-refractivity contribution in [3.05, 3.63) is 52.9 Å². The number of aliphatic hydroxyl groups is 1. The van der Waals surface area contributed by atoms with Crippen molar-refractivity contribution in [2.24, 2.45) is 5.73 Å². The largest absolute Gasteiger partial charge is 0.467 e. The van der Waals surface area contributed by atoms with Crippen molar-refractivity contribution in [1.29, 1.82) is 0 Å². The fourth-order valence-corrected chi connectivity index (χ4v) is 3.46. The second-order valence-corrected chi connectivity index (χ2v) is 6.65. The number of aliphatic hydroxyl groups excluding tert-OH is 1. The molecule has 7 nitrogen and oxygen atoms in total. The number of hydrogen-bond acceptors (Lipinski definition) is 4. The SMILES string of the molecule is NC(=O)c1ccc(NC(=O)N2CCCC2CC(O)c2ccco2)cc1Cl. The van der Waals surface area contributed by atoms with Crippen LogP contribution in [-0.2, 0) is 0 Å². The molecule has 0 aliphatic carbocycles. The number of hydrogen-bond donors (Lipinski definition) is 3. The molecule has 1 aliphatic rings. The Hall–Kier alpha value is -2.51. The molecule has 0 saturated carbocycles. The Labute approximate surface area is 155 Å². The number of rotatable bonds is 5. The fraction of sp³-hybridized carbons (Fsp3) is 0.333. The summed E-state index contributed by atoms with van der Waals surface area (Å²) in [6.45, 7) is 0.606. The molecule has 2 unspecified atom stereocenters. The lowest BCUT2D eigenvalue weighted by molar-refractivity contribution is 0.1000. The molecule has 1 aromatic carbocycles. The van der Waals surface area contributed by atoms with Crippen LogP contribution in [0.5, 0.6) is 0 Å². The van der Waals surface area contributed by atoms with Gasteiger partial charge in [-0.3, -0.25) is 4.79 Å². The van der Waals surface area contributed by atoms with E-state index in [-0.39, 0.29) is 22.7 Å². The van der Waals surface area contributed by atoms with E-state index in [1.807, 2.05) is 0 Å². The van der Waals surface area contributed by atoms with E-state index in [0.717, 1.165) is 12.8 Å². The van der Waals surface area contributed by atoms with Crippen LogP contribution in [0.3, 0.4) is 0 Å². The maximum absolute atomic E-state index is 12.6. The number of likely N-dealkylation sites (tertiary alicyclic amines) is 1. The third kappa shape index (κ3) is 4.00. The number of amides is 3. The van der Waals surface area contributed by atoms with Crippen LogP contribution in [0, 0.1) is 0 Å². The quantitative estimate of drug-likeness (QED) is 0.743. The summed E-state index contributed by atoms with van der Waals surface area (Å²) in [5.41, 5.74) is 5.89. The van der Waals surface area contributed by atoms with Crippen LogP contribution < -0.4 is 11.1 Å². The maximum Gasteiger partial charge on any atom is 0.322 e. The van der Waals surface area contributed by atoms with Gasteiger partial charge in [-0.1, -0.05) is 11.6 Å². The first-order valence-corrected chi connectivity index (χ1v) is 8.72. The summed E-state index contributed by atoms with van der Waals surface area (Å²) in [4.78, 5) is 25.5. The summed E-state index contributed by atoms with van der Waals surface area (Å²) < 4.78 is 5.22. The highest BCUT2D eigenvalue weighted by atomic mass is 35.5. The van der Waals surface area contributed by atoms with E-state index in [0.29, 0.717) is 24.4 Å². The third-order valence-corrected chi connectivity index (χ3v) is 4.80. The lowest BCUT2D eigenvalue weighted by atomic mass is 10.1. The standard InChI is InChI=1S/C18H20ClN3O4/c19-14-9-11(5-6-13(14)17(20)24)21-18(25)22-7-1-3-12(22)10-15(23)16-4-2-8-26-16/h2,4-6,8-9,12,15,23H,1,3,7,10H2,(H2,20,24)(H,21,25). The van der Waals surface area contributed by atoms with Gasteiger partial charge in [0.2, 0.25) is 5.91 Å². The summed E-state index contributed by atoms with van der Waals surface area (Å²) in [6, 6.07) is 7.61. The van der Waals surface area contributed by atoms with Crippen LogP contribution in [0.4, 0.5) is 10.5 Å². The number of nitrogens with one attached hydrogen (secondary N) is 1. The summed E-state index contributed by atoms with van der Waals surface area (Å²) in [6.07, 6.45) is 2.84. The number of halogens is 1. The van der Waals surface area contributed by atoms with E-state index in [1.54, 1.807) is 23.1 Å². The molecule has 2 heterocycles. The molecule has 3 amide bonds. The van der Waals surface area contributed by atoms with Gasteiger partial charge in [0.25, 0.3) is 0 Å². The van der Waals surface area contributed by atoms with Crippen LogP contribution in [0.2, 0.25) is 5.02 Å². The molecule has 3 rings (SSSR count). The number of carbonyl (C=O) groups is 2. The molecular formula is C18H20ClN3O4. The Balaban J connectivity index is 1.65. The molecule has 0 spiro atoms. The molecule has 1 fully saturated rings.